The molecule has 130 valence electrons. The lowest BCUT2D eigenvalue weighted by Crippen LogP contribution is -2.48. The second-order valence-electron chi connectivity index (χ2n) is 6.13. The largest absolute Gasteiger partial charge is 0.480 e. The molecule has 1 atom stereocenters. The molecule has 0 unspecified atom stereocenters. The summed E-state index contributed by atoms with van der Waals surface area (Å²) in [5, 5.41) is 11.9. The number of carboxylic acids is 1. The molecular weight excluding hydrogens is 308 g/mol. The molecule has 2 rings (SSSR count). The second kappa shape index (κ2) is 9.05. The van der Waals surface area contributed by atoms with E-state index in [-0.39, 0.29) is 18.9 Å². The van der Waals surface area contributed by atoms with Gasteiger partial charge in [-0.25, -0.2) is 4.79 Å². The molecule has 0 spiro atoms. The number of aliphatic carboxylic acids is 1. The van der Waals surface area contributed by atoms with Gasteiger partial charge in [-0.2, -0.15) is 0 Å². The first-order chi connectivity index (χ1) is 11.6. The first-order valence-corrected chi connectivity index (χ1v) is 8.40. The highest BCUT2D eigenvalue weighted by molar-refractivity contribution is 5.88. The maximum Gasteiger partial charge on any atom is 0.326 e. The van der Waals surface area contributed by atoms with Gasteiger partial charge in [0.05, 0.1) is 6.54 Å². The third-order valence-electron chi connectivity index (χ3n) is 4.17. The Morgan fingerprint density at radius 1 is 1.12 bits per heavy atom. The van der Waals surface area contributed by atoms with E-state index in [0.717, 1.165) is 31.2 Å². The summed E-state index contributed by atoms with van der Waals surface area (Å²) >= 11 is 0. The van der Waals surface area contributed by atoms with E-state index < -0.39 is 17.9 Å². The summed E-state index contributed by atoms with van der Waals surface area (Å²) in [5.41, 5.74) is 0.840. The van der Waals surface area contributed by atoms with Gasteiger partial charge < -0.3 is 15.3 Å². The zero-order valence-corrected chi connectivity index (χ0v) is 13.7. The summed E-state index contributed by atoms with van der Waals surface area (Å²) in [5.74, 6) is -1.53. The number of carbonyl (C=O) groups excluding carboxylic acids is 2. The van der Waals surface area contributed by atoms with Gasteiger partial charge in [-0.1, -0.05) is 43.2 Å². The molecule has 1 aliphatic rings. The molecule has 0 bridgehead atoms. The average Bonchev–Trinajstić information content (AvgIpc) is 2.55. The molecule has 1 fully saturated rings. The Balaban J connectivity index is 1.92. The Hall–Kier alpha value is -2.37. The molecule has 1 aromatic carbocycles. The minimum absolute atomic E-state index is 0.0280. The Kier molecular flexibility index (Phi) is 6.78. The van der Waals surface area contributed by atoms with Crippen molar-refractivity contribution >= 4 is 17.8 Å². The van der Waals surface area contributed by atoms with Crippen LogP contribution in [0.25, 0.3) is 0 Å². The first-order valence-electron chi connectivity index (χ1n) is 8.40. The minimum atomic E-state index is -1.08. The first kappa shape index (κ1) is 18.0. The van der Waals surface area contributed by atoms with E-state index in [2.05, 4.69) is 5.32 Å². The van der Waals surface area contributed by atoms with E-state index in [9.17, 15) is 19.5 Å². The van der Waals surface area contributed by atoms with E-state index >= 15 is 0 Å². The van der Waals surface area contributed by atoms with Crippen molar-refractivity contribution in [3.63, 3.8) is 0 Å². The van der Waals surface area contributed by atoms with E-state index in [1.165, 1.54) is 4.90 Å². The maximum absolute atomic E-state index is 12.2. The van der Waals surface area contributed by atoms with Crippen LogP contribution in [0.3, 0.4) is 0 Å². The maximum atomic E-state index is 12.2. The number of benzene rings is 1. The van der Waals surface area contributed by atoms with Crippen LogP contribution >= 0.6 is 0 Å². The highest BCUT2D eigenvalue weighted by Crippen LogP contribution is 2.11. The number of amides is 2. The topological polar surface area (TPSA) is 86.7 Å². The molecule has 24 heavy (non-hydrogen) atoms. The van der Waals surface area contributed by atoms with Crippen LogP contribution in [0.4, 0.5) is 0 Å². The lowest BCUT2D eigenvalue weighted by atomic mass is 10.1. The van der Waals surface area contributed by atoms with Gasteiger partial charge in [0, 0.05) is 19.4 Å². The van der Waals surface area contributed by atoms with Crippen molar-refractivity contribution in [2.24, 2.45) is 0 Å². The molecule has 6 heteroatoms. The standard InChI is InChI=1S/C18H24N2O4/c21-16(13-20-11-7-2-1-6-10-17(20)22)19-15(18(23)24)12-14-8-4-3-5-9-14/h3-5,8-9,15H,1-2,6-7,10-13H2,(H,19,21)(H,23,24)/t15-/m1/s1. The number of hydrogen-bond acceptors (Lipinski definition) is 3. The van der Waals surface area contributed by atoms with Crippen molar-refractivity contribution in [1.82, 2.24) is 10.2 Å². The molecule has 1 saturated heterocycles. The number of hydrogen-bond donors (Lipinski definition) is 2. The summed E-state index contributed by atoms with van der Waals surface area (Å²) in [6, 6.07) is 8.16. The van der Waals surface area contributed by atoms with Gasteiger partial charge >= 0.3 is 5.97 Å². The van der Waals surface area contributed by atoms with Crippen molar-refractivity contribution in [2.45, 2.75) is 44.6 Å². The lowest BCUT2D eigenvalue weighted by Gasteiger charge is -2.25. The summed E-state index contributed by atoms with van der Waals surface area (Å²) in [6.45, 7) is 0.486. The average molecular weight is 332 g/mol. The molecule has 1 heterocycles. The smallest absolute Gasteiger partial charge is 0.326 e. The SMILES string of the molecule is O=C(CN1CCCCCCC1=O)N[C@H](Cc1ccccc1)C(=O)O. The number of carboxylic acid groups (broad SMARTS) is 1. The van der Waals surface area contributed by atoms with Crippen molar-refractivity contribution < 1.29 is 19.5 Å². The zero-order chi connectivity index (χ0) is 17.4. The second-order valence-corrected chi connectivity index (χ2v) is 6.13. The zero-order valence-electron chi connectivity index (χ0n) is 13.7. The van der Waals surface area contributed by atoms with Gasteiger partial charge in [-0.05, 0) is 18.4 Å². The number of carbonyl (C=O) groups is 3. The molecule has 0 aromatic heterocycles. The van der Waals surface area contributed by atoms with Crippen LogP contribution in [-0.4, -0.2) is 46.9 Å². The van der Waals surface area contributed by atoms with Gasteiger partial charge in [-0.15, -0.1) is 0 Å². The molecule has 0 aliphatic carbocycles. The van der Waals surface area contributed by atoms with Crippen LogP contribution in [0.1, 0.15) is 37.7 Å². The normalized spacial score (nSPS) is 16.8. The van der Waals surface area contributed by atoms with Gasteiger partial charge in [0.15, 0.2) is 0 Å². The summed E-state index contributed by atoms with van der Waals surface area (Å²) < 4.78 is 0. The molecule has 0 radical (unpaired) electrons. The van der Waals surface area contributed by atoms with Gasteiger partial charge in [0.1, 0.15) is 6.04 Å². The van der Waals surface area contributed by atoms with Crippen molar-refractivity contribution in [2.75, 3.05) is 13.1 Å². The van der Waals surface area contributed by atoms with Crippen LogP contribution in [0.5, 0.6) is 0 Å². The molecule has 1 aliphatic heterocycles. The Morgan fingerprint density at radius 2 is 1.83 bits per heavy atom. The summed E-state index contributed by atoms with van der Waals surface area (Å²) in [4.78, 5) is 37.2. The van der Waals surface area contributed by atoms with Crippen LogP contribution in [0.2, 0.25) is 0 Å². The third-order valence-corrected chi connectivity index (χ3v) is 4.17. The van der Waals surface area contributed by atoms with Crippen LogP contribution in [-0.2, 0) is 20.8 Å². The van der Waals surface area contributed by atoms with E-state index in [1.807, 2.05) is 30.3 Å². The predicted molar refractivity (Wildman–Crippen MR) is 89.4 cm³/mol. The number of nitrogens with one attached hydrogen (secondary N) is 1. The highest BCUT2D eigenvalue weighted by Gasteiger charge is 2.23. The minimum Gasteiger partial charge on any atom is -0.480 e. The molecule has 6 nitrogen and oxygen atoms in total. The highest BCUT2D eigenvalue weighted by atomic mass is 16.4. The molecule has 2 amide bonds. The number of likely N-dealkylation sites (tertiary alicyclic amines) is 1. The van der Waals surface area contributed by atoms with Crippen molar-refractivity contribution in [3.05, 3.63) is 35.9 Å². The Labute approximate surface area is 141 Å². The fourth-order valence-electron chi connectivity index (χ4n) is 2.85. The van der Waals surface area contributed by atoms with Crippen molar-refractivity contribution in [3.8, 4) is 0 Å². The van der Waals surface area contributed by atoms with Gasteiger partial charge in [-0.3, -0.25) is 9.59 Å². The fourth-order valence-corrected chi connectivity index (χ4v) is 2.85. The Bertz CT molecular complexity index is 574. The van der Waals surface area contributed by atoms with Crippen LogP contribution < -0.4 is 5.32 Å². The number of rotatable bonds is 6. The van der Waals surface area contributed by atoms with E-state index in [4.69, 9.17) is 0 Å². The van der Waals surface area contributed by atoms with Crippen LogP contribution in [0, 0.1) is 0 Å². The van der Waals surface area contributed by atoms with Gasteiger partial charge in [0.25, 0.3) is 0 Å². The summed E-state index contributed by atoms with van der Waals surface area (Å²) in [7, 11) is 0. The van der Waals surface area contributed by atoms with E-state index in [1.54, 1.807) is 0 Å². The van der Waals surface area contributed by atoms with Crippen molar-refractivity contribution in [1.29, 1.82) is 0 Å². The predicted octanol–water partition coefficient (Wildman–Crippen LogP) is 1.59. The fraction of sp³-hybridized carbons (Fsp3) is 0.500. The quantitative estimate of drug-likeness (QED) is 0.828. The Morgan fingerprint density at radius 3 is 2.54 bits per heavy atom. The molecule has 1 aromatic rings. The monoisotopic (exact) mass is 332 g/mol. The van der Waals surface area contributed by atoms with Gasteiger partial charge in [0.2, 0.25) is 11.8 Å². The van der Waals surface area contributed by atoms with E-state index in [0.29, 0.717) is 13.0 Å². The number of nitrogens with zero attached hydrogens (tertiary/aromatic N) is 1. The molecule has 0 saturated carbocycles. The third kappa shape index (κ3) is 5.68. The summed E-state index contributed by atoms with van der Waals surface area (Å²) in [6.07, 6.45) is 4.50. The molecule has 2 N–H and O–H groups in total. The molecular formula is C18H24N2O4. The lowest BCUT2D eigenvalue weighted by molar-refractivity contribution is -0.142. The van der Waals surface area contributed by atoms with Crippen LogP contribution in [0.15, 0.2) is 30.3 Å².